The average Bonchev–Trinajstić information content (AvgIpc) is 1.63. The van der Waals surface area contributed by atoms with Crippen LogP contribution in [0.5, 0.6) is 0 Å². The maximum atomic E-state index is 10.2. The third-order valence-electron chi connectivity index (χ3n) is 0.619. The first-order valence-electron chi connectivity index (χ1n) is 2.07. The zero-order chi connectivity index (χ0) is 7.44. The minimum Gasteiger partial charge on any atom is -0.282 e. The van der Waals surface area contributed by atoms with Crippen molar-refractivity contribution in [3.63, 3.8) is 0 Å². The van der Waals surface area contributed by atoms with E-state index in [1.54, 1.807) is 0 Å². The van der Waals surface area contributed by atoms with Gasteiger partial charge in [0.25, 0.3) is 0 Å². The van der Waals surface area contributed by atoms with Gasteiger partial charge in [0.1, 0.15) is 0 Å². The highest BCUT2D eigenvalue weighted by molar-refractivity contribution is 7.74. The first-order chi connectivity index (χ1) is 4.04. The van der Waals surface area contributed by atoms with Gasteiger partial charge >= 0.3 is 11.4 Å². The van der Waals surface area contributed by atoms with Gasteiger partial charge in [-0.1, -0.05) is 0 Å². The van der Waals surface area contributed by atoms with E-state index in [1.807, 2.05) is 0 Å². The fourth-order valence-electron chi connectivity index (χ4n) is 0.148. The summed E-state index contributed by atoms with van der Waals surface area (Å²) in [6.45, 7) is 1.22. The van der Waals surface area contributed by atoms with E-state index in [1.165, 1.54) is 14.0 Å². The normalized spacial score (nSPS) is 12.8. The van der Waals surface area contributed by atoms with Crippen LogP contribution < -0.4 is 0 Å². The Labute approximate surface area is 55.0 Å². The summed E-state index contributed by atoms with van der Waals surface area (Å²) in [5, 5.41) is 0.677. The fourth-order valence-corrected chi connectivity index (χ4v) is 0.444. The van der Waals surface area contributed by atoms with Crippen molar-refractivity contribution in [1.82, 2.24) is 5.06 Å². The molecule has 0 aromatic heterocycles. The van der Waals surface area contributed by atoms with E-state index in [4.69, 9.17) is 4.55 Å². The second-order valence-corrected chi connectivity index (χ2v) is 1.89. The van der Waals surface area contributed by atoms with E-state index in [0.717, 1.165) is 0 Å². The Balaban J connectivity index is 3.63. The second kappa shape index (κ2) is 3.54. The summed E-state index contributed by atoms with van der Waals surface area (Å²) in [7, 11) is 1.25. The quantitative estimate of drug-likeness (QED) is 0.430. The molecular weight excluding hydrogens is 146 g/mol. The summed E-state index contributed by atoms with van der Waals surface area (Å²) in [5.41, 5.74) is 0. The van der Waals surface area contributed by atoms with Gasteiger partial charge in [0.2, 0.25) is 5.91 Å². The molecule has 0 rings (SSSR count). The Morgan fingerprint density at radius 2 is 2.22 bits per heavy atom. The fraction of sp³-hybridized carbons (Fsp3) is 0.667. The SMILES string of the molecule is CC(=O)N(C)OS(=O)O. The Bertz CT molecular complexity index is 136. The predicted molar refractivity (Wildman–Crippen MR) is 30.3 cm³/mol. The minimum atomic E-state index is -2.41. The van der Waals surface area contributed by atoms with Gasteiger partial charge in [-0.05, 0) is 0 Å². The van der Waals surface area contributed by atoms with Gasteiger partial charge in [-0.15, -0.1) is 4.28 Å². The molecule has 6 heteroatoms. The summed E-state index contributed by atoms with van der Waals surface area (Å²) in [5.74, 6) is -0.433. The zero-order valence-corrected chi connectivity index (χ0v) is 5.84. The molecule has 5 nitrogen and oxygen atoms in total. The van der Waals surface area contributed by atoms with Crippen LogP contribution in [0.2, 0.25) is 0 Å². The van der Waals surface area contributed by atoms with Crippen molar-refractivity contribution in [2.45, 2.75) is 6.92 Å². The lowest BCUT2D eigenvalue weighted by molar-refractivity contribution is -0.149. The van der Waals surface area contributed by atoms with Gasteiger partial charge in [0.05, 0.1) is 0 Å². The Morgan fingerprint density at radius 3 is 2.33 bits per heavy atom. The highest BCUT2D eigenvalue weighted by Crippen LogP contribution is 1.87. The van der Waals surface area contributed by atoms with Crippen LogP contribution in [-0.2, 0) is 20.4 Å². The van der Waals surface area contributed by atoms with E-state index >= 15 is 0 Å². The molecule has 0 aromatic rings. The maximum absolute atomic E-state index is 10.2. The van der Waals surface area contributed by atoms with Crippen LogP contribution in [0.1, 0.15) is 6.92 Å². The summed E-state index contributed by atoms with van der Waals surface area (Å²) >= 11 is -2.41. The third kappa shape index (κ3) is 4.07. The smallest absolute Gasteiger partial charge is 0.282 e. The molecule has 1 unspecified atom stereocenters. The van der Waals surface area contributed by atoms with Gasteiger partial charge < -0.3 is 0 Å². The molecule has 1 N–H and O–H groups in total. The molecule has 0 saturated carbocycles. The molecule has 0 aliphatic rings. The van der Waals surface area contributed by atoms with E-state index in [0.29, 0.717) is 5.06 Å². The molecule has 0 saturated heterocycles. The molecule has 0 bridgehead atoms. The number of carbonyl (C=O) groups is 1. The molecule has 0 aromatic carbocycles. The molecular formula is C3H7NO4S. The van der Waals surface area contributed by atoms with Gasteiger partial charge in [-0.3, -0.25) is 9.35 Å². The molecule has 54 valence electrons. The lowest BCUT2D eigenvalue weighted by Gasteiger charge is -2.08. The molecule has 0 heterocycles. The molecule has 0 radical (unpaired) electrons. The van der Waals surface area contributed by atoms with Crippen LogP contribution in [0.4, 0.5) is 0 Å². The maximum Gasteiger partial charge on any atom is 0.325 e. The standard InChI is InChI=1S/C3H7NO4S/c1-3(5)4(2)8-9(6)7/h1-2H3,(H,6,7). The van der Waals surface area contributed by atoms with Gasteiger partial charge in [-0.25, -0.2) is 5.06 Å². The van der Waals surface area contributed by atoms with Crippen molar-refractivity contribution >= 4 is 17.3 Å². The number of hydrogen-bond acceptors (Lipinski definition) is 3. The van der Waals surface area contributed by atoms with Crippen molar-refractivity contribution in [3.05, 3.63) is 0 Å². The highest BCUT2D eigenvalue weighted by Gasteiger charge is 2.04. The summed E-state index contributed by atoms with van der Waals surface area (Å²) < 4.78 is 21.9. The first-order valence-corrected chi connectivity index (χ1v) is 3.11. The molecule has 0 fully saturated rings. The minimum absolute atomic E-state index is 0.433. The summed E-state index contributed by atoms with van der Waals surface area (Å²) in [6, 6.07) is 0. The van der Waals surface area contributed by atoms with Crippen molar-refractivity contribution in [1.29, 1.82) is 0 Å². The summed E-state index contributed by atoms with van der Waals surface area (Å²) in [4.78, 5) is 10.2. The number of rotatable bonds is 2. The van der Waals surface area contributed by atoms with Gasteiger partial charge in [0.15, 0.2) is 0 Å². The number of amides is 1. The topological polar surface area (TPSA) is 66.8 Å². The number of nitrogens with zero attached hydrogens (tertiary/aromatic N) is 1. The number of hydroxylamine groups is 2. The average molecular weight is 153 g/mol. The van der Waals surface area contributed by atoms with E-state index < -0.39 is 17.3 Å². The van der Waals surface area contributed by atoms with Crippen LogP contribution in [-0.4, -0.2) is 26.8 Å². The third-order valence-corrected chi connectivity index (χ3v) is 0.970. The molecule has 0 spiro atoms. The van der Waals surface area contributed by atoms with E-state index in [2.05, 4.69) is 4.28 Å². The lowest BCUT2D eigenvalue weighted by Crippen LogP contribution is -2.24. The molecule has 1 amide bonds. The summed E-state index contributed by atoms with van der Waals surface area (Å²) in [6.07, 6.45) is 0. The highest BCUT2D eigenvalue weighted by atomic mass is 32.2. The monoisotopic (exact) mass is 153 g/mol. The van der Waals surface area contributed by atoms with Crippen molar-refractivity contribution in [2.24, 2.45) is 0 Å². The van der Waals surface area contributed by atoms with Gasteiger partial charge in [0, 0.05) is 14.0 Å². The van der Waals surface area contributed by atoms with Crippen LogP contribution in [0.3, 0.4) is 0 Å². The molecule has 9 heavy (non-hydrogen) atoms. The largest absolute Gasteiger partial charge is 0.325 e. The first kappa shape index (κ1) is 8.54. The zero-order valence-electron chi connectivity index (χ0n) is 5.03. The van der Waals surface area contributed by atoms with Crippen LogP contribution in [0, 0.1) is 0 Å². The van der Waals surface area contributed by atoms with E-state index in [-0.39, 0.29) is 0 Å². The van der Waals surface area contributed by atoms with Crippen LogP contribution >= 0.6 is 0 Å². The molecule has 0 aliphatic carbocycles. The van der Waals surface area contributed by atoms with Crippen LogP contribution in [0.15, 0.2) is 0 Å². The van der Waals surface area contributed by atoms with Crippen molar-refractivity contribution < 1.29 is 17.8 Å². The number of hydrogen-bond donors (Lipinski definition) is 1. The Morgan fingerprint density at radius 1 is 1.78 bits per heavy atom. The number of carbonyl (C=O) groups excluding carboxylic acids is 1. The molecule has 0 aliphatic heterocycles. The van der Waals surface area contributed by atoms with Crippen molar-refractivity contribution in [3.8, 4) is 0 Å². The van der Waals surface area contributed by atoms with E-state index in [9.17, 15) is 9.00 Å². The second-order valence-electron chi connectivity index (χ2n) is 1.31. The lowest BCUT2D eigenvalue weighted by atomic mass is 10.7. The van der Waals surface area contributed by atoms with Crippen LogP contribution in [0.25, 0.3) is 0 Å². The van der Waals surface area contributed by atoms with Crippen molar-refractivity contribution in [2.75, 3.05) is 7.05 Å². The van der Waals surface area contributed by atoms with Gasteiger partial charge in [-0.2, -0.15) is 4.21 Å². The predicted octanol–water partition coefficient (Wildman–Crippen LogP) is -0.467. The Kier molecular flexibility index (Phi) is 3.36. The Hall–Kier alpha value is -0.460. The molecule has 1 atom stereocenters.